The largest absolute Gasteiger partial charge is 0.474 e. The highest BCUT2D eigenvalue weighted by Gasteiger charge is 2.32. The fourth-order valence-corrected chi connectivity index (χ4v) is 2.92. The van der Waals surface area contributed by atoms with Gasteiger partial charge in [-0.2, -0.15) is 0 Å². The van der Waals surface area contributed by atoms with Crippen molar-refractivity contribution in [2.75, 3.05) is 19.6 Å². The number of para-hydroxylation sites is 1. The van der Waals surface area contributed by atoms with Crippen molar-refractivity contribution in [3.05, 3.63) is 36.0 Å². The average Bonchev–Trinajstić information content (AvgIpc) is 2.97. The number of nitrogens with zero attached hydrogens (tertiary/aromatic N) is 2. The Balaban J connectivity index is 1.76. The molecule has 7 heteroatoms. The predicted molar refractivity (Wildman–Crippen MR) is 83.0 cm³/mol. The summed E-state index contributed by atoms with van der Waals surface area (Å²) in [7, 11) is 0. The van der Waals surface area contributed by atoms with Gasteiger partial charge < -0.3 is 19.9 Å². The van der Waals surface area contributed by atoms with Crippen molar-refractivity contribution in [1.29, 1.82) is 0 Å². The van der Waals surface area contributed by atoms with E-state index in [0.29, 0.717) is 12.2 Å². The molecule has 23 heavy (non-hydrogen) atoms. The molecule has 3 rings (SSSR count). The molecule has 0 saturated carbocycles. The van der Waals surface area contributed by atoms with Gasteiger partial charge in [0.15, 0.2) is 0 Å². The molecule has 2 aromatic rings. The first-order valence-corrected chi connectivity index (χ1v) is 7.38. The van der Waals surface area contributed by atoms with Crippen LogP contribution in [-0.4, -0.2) is 63.4 Å². The molecule has 1 fully saturated rings. The number of piperazine rings is 1. The Morgan fingerprint density at radius 3 is 2.61 bits per heavy atom. The number of aromatic nitrogens is 1. The zero-order valence-corrected chi connectivity index (χ0v) is 12.7. The molecule has 7 nitrogen and oxygen atoms in total. The molecule has 1 saturated heterocycles. The first-order chi connectivity index (χ1) is 11.0. The molecule has 1 aromatic heterocycles. The summed E-state index contributed by atoms with van der Waals surface area (Å²) < 4.78 is 0. The van der Waals surface area contributed by atoms with Crippen molar-refractivity contribution < 1.29 is 19.5 Å². The second-order valence-corrected chi connectivity index (χ2v) is 5.67. The van der Waals surface area contributed by atoms with Crippen molar-refractivity contribution >= 4 is 28.7 Å². The van der Waals surface area contributed by atoms with Gasteiger partial charge in [-0.25, -0.2) is 4.79 Å². The molecule has 2 amide bonds. The van der Waals surface area contributed by atoms with Crippen molar-refractivity contribution in [3.8, 4) is 0 Å². The third-order valence-electron chi connectivity index (χ3n) is 4.12. The molecule has 0 radical (unpaired) electrons. The number of carboxylic acids is 1. The third kappa shape index (κ3) is 2.77. The number of aromatic amines is 1. The maximum absolute atomic E-state index is 12.7. The summed E-state index contributed by atoms with van der Waals surface area (Å²) in [6, 6.07) is 9.19. The second kappa shape index (κ2) is 5.75. The van der Waals surface area contributed by atoms with Gasteiger partial charge in [-0.05, 0) is 19.1 Å². The zero-order valence-electron chi connectivity index (χ0n) is 12.7. The first kappa shape index (κ1) is 15.1. The van der Waals surface area contributed by atoms with E-state index in [1.807, 2.05) is 31.2 Å². The van der Waals surface area contributed by atoms with Crippen LogP contribution in [0.5, 0.6) is 0 Å². The Morgan fingerprint density at radius 2 is 1.96 bits per heavy atom. The lowest BCUT2D eigenvalue weighted by Crippen LogP contribution is -2.56. The monoisotopic (exact) mass is 315 g/mol. The normalized spacial score (nSPS) is 18.2. The molecule has 1 aliphatic rings. The number of fused-ring (bicyclic) bond motifs is 1. The Hall–Kier alpha value is -2.83. The Kier molecular flexibility index (Phi) is 3.77. The molecular weight excluding hydrogens is 298 g/mol. The number of rotatable bonds is 1. The van der Waals surface area contributed by atoms with Crippen LogP contribution in [-0.2, 0) is 9.59 Å². The highest BCUT2D eigenvalue weighted by atomic mass is 16.4. The fourth-order valence-electron chi connectivity index (χ4n) is 2.92. The molecule has 0 spiro atoms. The summed E-state index contributed by atoms with van der Waals surface area (Å²) >= 11 is 0. The number of nitrogens with one attached hydrogen (secondary N) is 1. The van der Waals surface area contributed by atoms with Crippen LogP contribution in [0.15, 0.2) is 30.3 Å². The van der Waals surface area contributed by atoms with Gasteiger partial charge in [0, 0.05) is 36.6 Å². The van der Waals surface area contributed by atoms with Crippen LogP contribution < -0.4 is 0 Å². The number of benzene rings is 1. The number of carboxylic acid groups (broad SMARTS) is 1. The van der Waals surface area contributed by atoms with E-state index < -0.39 is 11.9 Å². The quantitative estimate of drug-likeness (QED) is 0.765. The lowest BCUT2D eigenvalue weighted by atomic mass is 10.1. The molecule has 1 atom stereocenters. The number of aliphatic carboxylic acids is 1. The van der Waals surface area contributed by atoms with Crippen LogP contribution in [0.3, 0.4) is 0 Å². The predicted octanol–water partition coefficient (Wildman–Crippen LogP) is 0.925. The minimum absolute atomic E-state index is 0.142. The SMILES string of the molecule is C[C@@H]1CN(C(=O)C(=O)O)CCN1C(=O)c1cc2ccccc2[nH]1. The van der Waals surface area contributed by atoms with E-state index in [2.05, 4.69) is 4.98 Å². The van der Waals surface area contributed by atoms with Gasteiger partial charge in [-0.1, -0.05) is 18.2 Å². The lowest BCUT2D eigenvalue weighted by molar-refractivity contribution is -0.157. The standard InChI is InChI=1S/C16H17N3O4/c1-10-9-18(15(21)16(22)23)6-7-19(10)14(20)13-8-11-4-2-3-5-12(11)17-13/h2-5,8,10,17H,6-7,9H2,1H3,(H,22,23)/t10-/m1/s1. The highest BCUT2D eigenvalue weighted by Crippen LogP contribution is 2.18. The fraction of sp³-hybridized carbons (Fsp3) is 0.312. The van der Waals surface area contributed by atoms with E-state index in [9.17, 15) is 14.4 Å². The summed E-state index contributed by atoms with van der Waals surface area (Å²) in [4.78, 5) is 41.0. The van der Waals surface area contributed by atoms with Crippen LogP contribution in [0.25, 0.3) is 10.9 Å². The Morgan fingerprint density at radius 1 is 1.22 bits per heavy atom. The maximum atomic E-state index is 12.7. The highest BCUT2D eigenvalue weighted by molar-refractivity contribution is 6.31. The number of carbonyl (C=O) groups excluding carboxylic acids is 2. The second-order valence-electron chi connectivity index (χ2n) is 5.67. The van der Waals surface area contributed by atoms with Crippen LogP contribution >= 0.6 is 0 Å². The number of amides is 2. The van der Waals surface area contributed by atoms with Gasteiger partial charge in [0.05, 0.1) is 0 Å². The first-order valence-electron chi connectivity index (χ1n) is 7.38. The topological polar surface area (TPSA) is 93.7 Å². The van der Waals surface area contributed by atoms with Crippen molar-refractivity contribution in [1.82, 2.24) is 14.8 Å². The van der Waals surface area contributed by atoms with Gasteiger partial charge in [-0.15, -0.1) is 0 Å². The van der Waals surface area contributed by atoms with E-state index in [1.54, 1.807) is 11.0 Å². The molecule has 2 heterocycles. The van der Waals surface area contributed by atoms with Gasteiger partial charge in [0.1, 0.15) is 5.69 Å². The molecule has 2 N–H and O–H groups in total. The van der Waals surface area contributed by atoms with E-state index in [1.165, 1.54) is 4.90 Å². The molecule has 0 aliphatic carbocycles. The Labute approximate surface area is 132 Å². The van der Waals surface area contributed by atoms with Gasteiger partial charge >= 0.3 is 11.9 Å². The smallest absolute Gasteiger partial charge is 0.394 e. The lowest BCUT2D eigenvalue weighted by Gasteiger charge is -2.39. The minimum Gasteiger partial charge on any atom is -0.474 e. The number of hydrogen-bond donors (Lipinski definition) is 2. The summed E-state index contributed by atoms with van der Waals surface area (Å²) in [5, 5.41) is 9.74. The maximum Gasteiger partial charge on any atom is 0.394 e. The van der Waals surface area contributed by atoms with Crippen LogP contribution in [0.2, 0.25) is 0 Å². The van der Waals surface area contributed by atoms with E-state index in [0.717, 1.165) is 10.9 Å². The summed E-state index contributed by atoms with van der Waals surface area (Å²) in [5.74, 6) is -2.53. The summed E-state index contributed by atoms with van der Waals surface area (Å²) in [5.41, 5.74) is 1.39. The molecular formula is C16H17N3O4. The minimum atomic E-state index is -1.47. The third-order valence-corrected chi connectivity index (χ3v) is 4.12. The molecule has 1 aromatic carbocycles. The van der Waals surface area contributed by atoms with Gasteiger partial charge in [0.2, 0.25) is 0 Å². The summed E-state index contributed by atoms with van der Waals surface area (Å²) in [6.45, 7) is 2.56. The van der Waals surface area contributed by atoms with E-state index in [4.69, 9.17) is 5.11 Å². The zero-order chi connectivity index (χ0) is 16.6. The number of H-pyrrole nitrogens is 1. The van der Waals surface area contributed by atoms with E-state index >= 15 is 0 Å². The summed E-state index contributed by atoms with van der Waals surface area (Å²) in [6.07, 6.45) is 0. The Bertz CT molecular complexity index is 749. The number of carbonyl (C=O) groups is 3. The van der Waals surface area contributed by atoms with E-state index in [-0.39, 0.29) is 25.0 Å². The average molecular weight is 315 g/mol. The van der Waals surface area contributed by atoms with Crippen LogP contribution in [0.1, 0.15) is 17.4 Å². The van der Waals surface area contributed by atoms with Gasteiger partial charge in [0.25, 0.3) is 5.91 Å². The molecule has 0 bridgehead atoms. The van der Waals surface area contributed by atoms with Crippen molar-refractivity contribution in [2.24, 2.45) is 0 Å². The van der Waals surface area contributed by atoms with Crippen LogP contribution in [0, 0.1) is 0 Å². The van der Waals surface area contributed by atoms with Crippen LogP contribution in [0.4, 0.5) is 0 Å². The van der Waals surface area contributed by atoms with Crippen molar-refractivity contribution in [2.45, 2.75) is 13.0 Å². The van der Waals surface area contributed by atoms with Crippen molar-refractivity contribution in [3.63, 3.8) is 0 Å². The molecule has 1 aliphatic heterocycles. The molecule has 0 unspecified atom stereocenters. The molecule has 120 valence electrons. The van der Waals surface area contributed by atoms with Gasteiger partial charge in [-0.3, -0.25) is 9.59 Å². The number of hydrogen-bond acceptors (Lipinski definition) is 3.